The normalized spacial score (nSPS) is 43.0. The molecule has 4 N–H and O–H groups in total. The van der Waals surface area contributed by atoms with Gasteiger partial charge in [0.05, 0.1) is 12.2 Å². The van der Waals surface area contributed by atoms with Crippen LogP contribution >= 0.6 is 0 Å². The van der Waals surface area contributed by atoms with Crippen molar-refractivity contribution in [1.29, 1.82) is 0 Å². The van der Waals surface area contributed by atoms with Crippen LogP contribution in [0, 0.1) is 0 Å². The maximum Gasteiger partial charge on any atom is 0.129 e. The maximum absolute atomic E-state index is 10.6. The van der Waals surface area contributed by atoms with Crippen LogP contribution in [0.15, 0.2) is 0 Å². The van der Waals surface area contributed by atoms with E-state index in [1.54, 1.807) is 0 Å². The summed E-state index contributed by atoms with van der Waals surface area (Å²) < 4.78 is 0. The Morgan fingerprint density at radius 1 is 1.11 bits per heavy atom. The highest BCUT2D eigenvalue weighted by atomic mass is 16.4. The van der Waals surface area contributed by atoms with Crippen LogP contribution in [0.25, 0.3) is 0 Å². The third-order valence-electron chi connectivity index (χ3n) is 4.50. The summed E-state index contributed by atoms with van der Waals surface area (Å²) in [7, 11) is 1.82. The van der Waals surface area contributed by atoms with E-state index in [-0.39, 0.29) is 6.04 Å². The first-order valence-electron chi connectivity index (χ1n) is 7.04. The fourth-order valence-corrected chi connectivity index (χ4v) is 3.19. The van der Waals surface area contributed by atoms with Gasteiger partial charge in [-0.1, -0.05) is 6.42 Å². The average Bonchev–Trinajstić information content (AvgIpc) is 2.37. The third kappa shape index (κ3) is 2.86. The van der Waals surface area contributed by atoms with Crippen molar-refractivity contribution in [2.24, 2.45) is 0 Å². The van der Waals surface area contributed by atoms with Gasteiger partial charge in [-0.15, -0.1) is 0 Å². The highest BCUT2D eigenvalue weighted by molar-refractivity contribution is 5.02. The molecule has 0 bridgehead atoms. The number of piperidine rings is 1. The Hall–Kier alpha value is -0.200. The van der Waals surface area contributed by atoms with Gasteiger partial charge in [0.15, 0.2) is 0 Å². The zero-order valence-corrected chi connectivity index (χ0v) is 11.2. The summed E-state index contributed by atoms with van der Waals surface area (Å²) in [6.45, 7) is 2.29. The molecule has 18 heavy (non-hydrogen) atoms. The molecule has 0 radical (unpaired) electrons. The van der Waals surface area contributed by atoms with Crippen LogP contribution < -0.4 is 5.32 Å². The predicted octanol–water partition coefficient (Wildman–Crippen LogP) is -0.693. The second kappa shape index (κ2) is 5.84. The van der Waals surface area contributed by atoms with Crippen molar-refractivity contribution in [3.05, 3.63) is 0 Å². The first-order valence-corrected chi connectivity index (χ1v) is 7.04. The lowest BCUT2D eigenvalue weighted by Gasteiger charge is -2.46. The van der Waals surface area contributed by atoms with Crippen LogP contribution in [0.2, 0.25) is 0 Å². The fraction of sp³-hybridized carbons (Fsp3) is 1.00. The lowest BCUT2D eigenvalue weighted by Crippen LogP contribution is -2.64. The minimum Gasteiger partial charge on any atom is -0.390 e. The first kappa shape index (κ1) is 14.2. The highest BCUT2D eigenvalue weighted by Gasteiger charge is 2.48. The van der Waals surface area contributed by atoms with Crippen molar-refractivity contribution in [1.82, 2.24) is 10.2 Å². The summed E-state index contributed by atoms with van der Waals surface area (Å²) in [5, 5.41) is 34.0. The minimum atomic E-state index is -1.37. The van der Waals surface area contributed by atoms with Gasteiger partial charge < -0.3 is 25.5 Å². The molecule has 1 aliphatic heterocycles. The number of hydrogen-bond donors (Lipinski definition) is 4. The first-order chi connectivity index (χ1) is 8.56. The summed E-state index contributed by atoms with van der Waals surface area (Å²) in [5.41, 5.74) is -1.37. The summed E-state index contributed by atoms with van der Waals surface area (Å²) in [6, 6.07) is 0.0802. The van der Waals surface area contributed by atoms with Crippen molar-refractivity contribution < 1.29 is 15.3 Å². The molecule has 1 heterocycles. The number of aliphatic hydroxyl groups excluding tert-OH is 2. The molecule has 2 fully saturated rings. The van der Waals surface area contributed by atoms with Gasteiger partial charge in [-0.05, 0) is 45.8 Å². The number of β-amino-alcohol motifs (C(OH)–C–C–N with tert-alkyl or cyclic N) is 1. The summed E-state index contributed by atoms with van der Waals surface area (Å²) >= 11 is 0. The topological polar surface area (TPSA) is 76.0 Å². The Morgan fingerprint density at radius 2 is 1.67 bits per heavy atom. The van der Waals surface area contributed by atoms with Crippen molar-refractivity contribution in [3.8, 4) is 0 Å². The van der Waals surface area contributed by atoms with E-state index in [0.717, 1.165) is 25.9 Å². The number of hydrogen-bond acceptors (Lipinski definition) is 5. The Kier molecular flexibility index (Phi) is 4.61. The molecule has 1 aliphatic carbocycles. The van der Waals surface area contributed by atoms with Gasteiger partial charge in [-0.2, -0.15) is 0 Å². The molecule has 2 unspecified atom stereocenters. The van der Waals surface area contributed by atoms with Crippen LogP contribution in [0.5, 0.6) is 0 Å². The fourth-order valence-electron chi connectivity index (χ4n) is 3.19. The van der Waals surface area contributed by atoms with Gasteiger partial charge in [-0.3, -0.25) is 0 Å². The molecular formula is C13H26N2O3. The van der Waals surface area contributed by atoms with E-state index in [1.165, 1.54) is 6.42 Å². The number of likely N-dealkylation sites (tertiary alicyclic amines) is 1. The summed E-state index contributed by atoms with van der Waals surface area (Å²) in [4.78, 5) is 2.16. The molecule has 0 amide bonds. The van der Waals surface area contributed by atoms with E-state index in [4.69, 9.17) is 0 Å². The quantitative estimate of drug-likeness (QED) is 0.539. The summed E-state index contributed by atoms with van der Waals surface area (Å²) in [5.74, 6) is 0. The molecule has 0 aromatic carbocycles. The van der Waals surface area contributed by atoms with Crippen LogP contribution in [0.1, 0.15) is 32.1 Å². The lowest BCUT2D eigenvalue weighted by molar-refractivity contribution is -0.182. The molecule has 1 saturated heterocycles. The van der Waals surface area contributed by atoms with E-state index in [2.05, 4.69) is 10.2 Å². The minimum absolute atomic E-state index is 0.0802. The van der Waals surface area contributed by atoms with Crippen molar-refractivity contribution >= 4 is 0 Å². The number of nitrogens with zero attached hydrogens (tertiary/aromatic N) is 1. The molecule has 1 saturated carbocycles. The molecule has 2 aliphatic rings. The molecule has 0 aromatic rings. The zero-order valence-electron chi connectivity index (χ0n) is 11.2. The van der Waals surface area contributed by atoms with E-state index in [0.29, 0.717) is 19.4 Å². The van der Waals surface area contributed by atoms with Crippen LogP contribution in [-0.4, -0.2) is 70.8 Å². The van der Waals surface area contributed by atoms with Gasteiger partial charge >= 0.3 is 0 Å². The van der Waals surface area contributed by atoms with Gasteiger partial charge in [0.2, 0.25) is 0 Å². The van der Waals surface area contributed by atoms with Crippen molar-refractivity contribution in [3.63, 3.8) is 0 Å². The van der Waals surface area contributed by atoms with E-state index >= 15 is 0 Å². The van der Waals surface area contributed by atoms with Crippen molar-refractivity contribution in [2.45, 2.75) is 56.0 Å². The van der Waals surface area contributed by atoms with Gasteiger partial charge in [0, 0.05) is 12.6 Å². The highest BCUT2D eigenvalue weighted by Crippen LogP contribution is 2.31. The molecule has 0 aromatic heterocycles. The zero-order chi connectivity index (χ0) is 13.2. The Bertz CT molecular complexity index is 257. The van der Waals surface area contributed by atoms with E-state index < -0.39 is 17.8 Å². The van der Waals surface area contributed by atoms with E-state index in [9.17, 15) is 15.3 Å². The molecule has 4 atom stereocenters. The van der Waals surface area contributed by atoms with Gasteiger partial charge in [0.1, 0.15) is 5.60 Å². The molecule has 0 spiro atoms. The molecular weight excluding hydrogens is 232 g/mol. The molecule has 2 rings (SSSR count). The van der Waals surface area contributed by atoms with Gasteiger partial charge in [-0.25, -0.2) is 0 Å². The standard InChI is InChI=1S/C13H26N2O3/c1-14-10-7-11(16)13(18,12(17)8-10)9-15-5-3-2-4-6-15/h10-12,14,16-18H,2-9H2,1H3/t10?,11-,12+,13?. The molecule has 5 heteroatoms. The average molecular weight is 258 g/mol. The van der Waals surface area contributed by atoms with E-state index in [1.807, 2.05) is 7.05 Å². The van der Waals surface area contributed by atoms with Crippen LogP contribution in [0.3, 0.4) is 0 Å². The Labute approximate surface area is 109 Å². The number of aliphatic hydroxyl groups is 3. The van der Waals surface area contributed by atoms with Crippen LogP contribution in [0.4, 0.5) is 0 Å². The maximum atomic E-state index is 10.6. The third-order valence-corrected chi connectivity index (χ3v) is 4.50. The lowest BCUT2D eigenvalue weighted by atomic mass is 9.76. The summed E-state index contributed by atoms with van der Waals surface area (Å²) in [6.07, 6.45) is 2.79. The molecule has 5 nitrogen and oxygen atoms in total. The monoisotopic (exact) mass is 258 g/mol. The number of nitrogens with one attached hydrogen (secondary N) is 1. The second-order valence-corrected chi connectivity index (χ2v) is 5.82. The SMILES string of the molecule is CNC1C[C@@H](O)C(O)(CN2CCCCC2)[C@@H](O)C1. The Morgan fingerprint density at radius 3 is 2.17 bits per heavy atom. The predicted molar refractivity (Wildman–Crippen MR) is 69.3 cm³/mol. The largest absolute Gasteiger partial charge is 0.390 e. The van der Waals surface area contributed by atoms with Crippen molar-refractivity contribution in [2.75, 3.05) is 26.7 Å². The second-order valence-electron chi connectivity index (χ2n) is 5.82. The Balaban J connectivity index is 1.99. The number of rotatable bonds is 3. The van der Waals surface area contributed by atoms with Crippen LogP contribution in [-0.2, 0) is 0 Å². The smallest absolute Gasteiger partial charge is 0.129 e. The van der Waals surface area contributed by atoms with Gasteiger partial charge in [0.25, 0.3) is 0 Å². The molecule has 106 valence electrons.